The van der Waals surface area contributed by atoms with Gasteiger partial charge in [0, 0.05) is 0 Å². The second-order valence-electron chi connectivity index (χ2n) is 2.36. The highest BCUT2D eigenvalue weighted by atomic mass is 19.1. The lowest BCUT2D eigenvalue weighted by molar-refractivity contribution is 0.101. The molecule has 0 aliphatic carbocycles. The van der Waals surface area contributed by atoms with Gasteiger partial charge in [0.05, 0.1) is 17.2 Å². The summed E-state index contributed by atoms with van der Waals surface area (Å²) in [5.74, 6) is -0.974. The van der Waals surface area contributed by atoms with E-state index in [9.17, 15) is 9.18 Å². The zero-order valence-corrected chi connectivity index (χ0v) is 8.47. The van der Waals surface area contributed by atoms with Crippen molar-refractivity contribution < 1.29 is 9.18 Å². The predicted molar refractivity (Wildman–Crippen MR) is 52.5 cm³/mol. The molecule has 0 fully saturated rings. The molecule has 0 heterocycles. The van der Waals surface area contributed by atoms with Crippen LogP contribution in [0.15, 0.2) is 18.2 Å². The Hall–Kier alpha value is -1.69. The highest BCUT2D eigenvalue weighted by molar-refractivity contribution is 5.94. The molecule has 3 heteroatoms. The van der Waals surface area contributed by atoms with Gasteiger partial charge in [-0.1, -0.05) is 13.8 Å². The lowest BCUT2D eigenvalue weighted by Gasteiger charge is -1.96. The Morgan fingerprint density at radius 3 is 2.36 bits per heavy atom. The zero-order chi connectivity index (χ0) is 11.1. The van der Waals surface area contributed by atoms with Crippen LogP contribution in [-0.2, 0) is 0 Å². The predicted octanol–water partition coefficient (Wildman–Crippen LogP) is 2.93. The molecule has 0 radical (unpaired) electrons. The fourth-order valence-electron chi connectivity index (χ4n) is 0.870. The van der Waals surface area contributed by atoms with Crippen LogP contribution in [0.1, 0.15) is 36.7 Å². The maximum atomic E-state index is 12.9. The molecule has 0 unspecified atom stereocenters. The first-order chi connectivity index (χ1) is 6.65. The summed E-state index contributed by atoms with van der Waals surface area (Å²) in [5, 5.41) is 8.39. The number of rotatable bonds is 1. The molecule has 2 nitrogen and oxygen atoms in total. The van der Waals surface area contributed by atoms with Gasteiger partial charge in [-0.05, 0) is 25.1 Å². The van der Waals surface area contributed by atoms with Crippen LogP contribution < -0.4 is 0 Å². The van der Waals surface area contributed by atoms with E-state index in [0.717, 1.165) is 6.07 Å². The SMILES string of the molecule is CC.CC(=O)c1ccc(C#N)cc1F. The third-order valence-corrected chi connectivity index (χ3v) is 1.48. The highest BCUT2D eigenvalue weighted by Gasteiger charge is 2.06. The van der Waals surface area contributed by atoms with E-state index in [1.807, 2.05) is 13.8 Å². The van der Waals surface area contributed by atoms with E-state index < -0.39 is 5.82 Å². The topological polar surface area (TPSA) is 40.9 Å². The van der Waals surface area contributed by atoms with Crippen molar-refractivity contribution in [3.8, 4) is 6.07 Å². The van der Waals surface area contributed by atoms with E-state index in [2.05, 4.69) is 0 Å². The summed E-state index contributed by atoms with van der Waals surface area (Å²) < 4.78 is 12.9. The quantitative estimate of drug-likeness (QED) is 0.643. The minimum atomic E-state index is -0.637. The van der Waals surface area contributed by atoms with Gasteiger partial charge in [0.2, 0.25) is 0 Å². The number of halogens is 1. The molecule has 0 aliphatic heterocycles. The minimum absolute atomic E-state index is 0.0222. The van der Waals surface area contributed by atoms with Gasteiger partial charge in [0.1, 0.15) is 5.82 Å². The van der Waals surface area contributed by atoms with Gasteiger partial charge in [-0.15, -0.1) is 0 Å². The standard InChI is InChI=1S/C9H6FNO.C2H6/c1-6(12)8-3-2-7(5-11)4-9(8)10;1-2/h2-4H,1H3;1-2H3. The maximum absolute atomic E-state index is 12.9. The molecule has 0 aromatic heterocycles. The van der Waals surface area contributed by atoms with Crippen molar-refractivity contribution in [1.82, 2.24) is 0 Å². The summed E-state index contributed by atoms with van der Waals surface area (Å²) >= 11 is 0. The molecule has 0 spiro atoms. The monoisotopic (exact) mass is 193 g/mol. The molecule has 0 atom stereocenters. The van der Waals surface area contributed by atoms with Crippen LogP contribution >= 0.6 is 0 Å². The number of nitrogens with zero attached hydrogens (tertiary/aromatic N) is 1. The number of hydrogen-bond donors (Lipinski definition) is 0. The van der Waals surface area contributed by atoms with Crippen LogP contribution in [-0.4, -0.2) is 5.78 Å². The second kappa shape index (κ2) is 5.87. The summed E-state index contributed by atoms with van der Waals surface area (Å²) in [4.78, 5) is 10.7. The fraction of sp³-hybridized carbons (Fsp3) is 0.273. The maximum Gasteiger partial charge on any atom is 0.162 e. The molecule has 0 aliphatic rings. The molecule has 1 rings (SSSR count). The minimum Gasteiger partial charge on any atom is -0.294 e. The summed E-state index contributed by atoms with van der Waals surface area (Å²) in [6.07, 6.45) is 0. The molecule has 1 aromatic rings. The molecule has 0 bridgehead atoms. The average Bonchev–Trinajstić information content (AvgIpc) is 2.20. The number of carbonyl (C=O) groups is 1. The summed E-state index contributed by atoms with van der Waals surface area (Å²) in [6, 6.07) is 5.57. The third kappa shape index (κ3) is 2.98. The van der Waals surface area contributed by atoms with Crippen molar-refractivity contribution in [2.45, 2.75) is 20.8 Å². The van der Waals surface area contributed by atoms with Crippen molar-refractivity contribution in [2.24, 2.45) is 0 Å². The summed E-state index contributed by atoms with van der Waals surface area (Å²) in [6.45, 7) is 5.28. The molecule has 1 aromatic carbocycles. The lowest BCUT2D eigenvalue weighted by Crippen LogP contribution is -1.96. The van der Waals surface area contributed by atoms with Gasteiger partial charge < -0.3 is 0 Å². The van der Waals surface area contributed by atoms with Crippen LogP contribution in [0.2, 0.25) is 0 Å². The van der Waals surface area contributed by atoms with Crippen molar-refractivity contribution in [3.05, 3.63) is 35.1 Å². The number of nitriles is 1. The van der Waals surface area contributed by atoms with Crippen molar-refractivity contribution in [3.63, 3.8) is 0 Å². The Balaban J connectivity index is 0.000000791. The molecule has 0 saturated heterocycles. The van der Waals surface area contributed by atoms with E-state index in [1.165, 1.54) is 19.1 Å². The molecular formula is C11H12FNO. The number of hydrogen-bond acceptors (Lipinski definition) is 2. The Morgan fingerprint density at radius 2 is 2.00 bits per heavy atom. The Bertz CT molecular complexity index is 366. The van der Waals surface area contributed by atoms with Gasteiger partial charge in [0.15, 0.2) is 5.78 Å². The molecular weight excluding hydrogens is 181 g/mol. The van der Waals surface area contributed by atoms with Gasteiger partial charge in [0.25, 0.3) is 0 Å². The van der Waals surface area contributed by atoms with Crippen LogP contribution in [0.5, 0.6) is 0 Å². The van der Waals surface area contributed by atoms with E-state index in [1.54, 1.807) is 6.07 Å². The van der Waals surface area contributed by atoms with E-state index in [4.69, 9.17) is 5.26 Å². The van der Waals surface area contributed by atoms with Gasteiger partial charge in [-0.3, -0.25) is 4.79 Å². The van der Waals surface area contributed by atoms with Crippen LogP contribution in [0.25, 0.3) is 0 Å². The van der Waals surface area contributed by atoms with E-state index in [0.29, 0.717) is 0 Å². The van der Waals surface area contributed by atoms with Crippen molar-refractivity contribution in [2.75, 3.05) is 0 Å². The fourth-order valence-corrected chi connectivity index (χ4v) is 0.870. The zero-order valence-electron chi connectivity index (χ0n) is 8.47. The van der Waals surface area contributed by atoms with Crippen LogP contribution in [0.3, 0.4) is 0 Å². The first-order valence-electron chi connectivity index (χ1n) is 4.35. The van der Waals surface area contributed by atoms with Crippen LogP contribution in [0, 0.1) is 17.1 Å². The van der Waals surface area contributed by atoms with Gasteiger partial charge >= 0.3 is 0 Å². The largest absolute Gasteiger partial charge is 0.294 e. The van der Waals surface area contributed by atoms with Crippen molar-refractivity contribution in [1.29, 1.82) is 5.26 Å². The van der Waals surface area contributed by atoms with Gasteiger partial charge in [-0.2, -0.15) is 5.26 Å². The number of benzene rings is 1. The van der Waals surface area contributed by atoms with Crippen LogP contribution in [0.4, 0.5) is 4.39 Å². The molecule has 0 amide bonds. The number of Topliss-reactive ketones (excluding diaryl/α,β-unsaturated/α-hetero) is 1. The van der Waals surface area contributed by atoms with E-state index in [-0.39, 0.29) is 16.9 Å². The Kier molecular flexibility index (Phi) is 5.16. The average molecular weight is 193 g/mol. The summed E-state index contributed by atoms with van der Waals surface area (Å²) in [7, 11) is 0. The first-order valence-corrected chi connectivity index (χ1v) is 4.35. The highest BCUT2D eigenvalue weighted by Crippen LogP contribution is 2.09. The molecule has 14 heavy (non-hydrogen) atoms. The third-order valence-electron chi connectivity index (χ3n) is 1.48. The second-order valence-corrected chi connectivity index (χ2v) is 2.36. The number of carbonyl (C=O) groups excluding carboxylic acids is 1. The van der Waals surface area contributed by atoms with Gasteiger partial charge in [-0.25, -0.2) is 4.39 Å². The van der Waals surface area contributed by atoms with Crippen molar-refractivity contribution >= 4 is 5.78 Å². The normalized spacial score (nSPS) is 8.21. The molecule has 0 saturated carbocycles. The Morgan fingerprint density at radius 1 is 1.43 bits per heavy atom. The van der Waals surface area contributed by atoms with E-state index >= 15 is 0 Å². The smallest absolute Gasteiger partial charge is 0.162 e. The first kappa shape index (κ1) is 12.3. The number of ketones is 1. The molecule has 0 N–H and O–H groups in total. The lowest BCUT2D eigenvalue weighted by atomic mass is 10.1. The molecule has 74 valence electrons. The summed E-state index contributed by atoms with van der Waals surface area (Å²) in [5.41, 5.74) is 0.242. The Labute approximate surface area is 83.0 Å².